The third-order valence-electron chi connectivity index (χ3n) is 1.36. The quantitative estimate of drug-likeness (QED) is 0.473. The molecule has 0 fully saturated rings. The normalized spacial score (nSPS) is 13.9. The zero-order valence-electron chi connectivity index (χ0n) is 8.72. The van der Waals surface area contributed by atoms with Crippen molar-refractivity contribution in [1.82, 2.24) is 0 Å². The molecule has 12 heavy (non-hydrogen) atoms. The molecule has 0 rings (SSSR count). The standard InChI is InChI=1S/C10H19NS/c1-7-10(12(4,5)6)8-11-9(2)3/h7-8H,1H2,2-6H3/b10-8+. The van der Waals surface area contributed by atoms with Crippen molar-refractivity contribution in [2.24, 2.45) is 4.99 Å². The number of nitrogens with zero attached hydrogens (tertiary/aromatic N) is 1. The fourth-order valence-electron chi connectivity index (χ4n) is 0.654. The lowest BCUT2D eigenvalue weighted by Gasteiger charge is -2.25. The van der Waals surface area contributed by atoms with Crippen molar-refractivity contribution in [3.8, 4) is 0 Å². The highest BCUT2D eigenvalue weighted by molar-refractivity contribution is 8.35. The number of aliphatic imine (C=N–C) groups is 1. The lowest BCUT2D eigenvalue weighted by Crippen LogP contribution is -1.93. The van der Waals surface area contributed by atoms with Crippen LogP contribution >= 0.6 is 10.0 Å². The Morgan fingerprint density at radius 1 is 1.25 bits per heavy atom. The van der Waals surface area contributed by atoms with E-state index in [9.17, 15) is 0 Å². The number of hydrogen-bond donors (Lipinski definition) is 0. The zero-order valence-corrected chi connectivity index (χ0v) is 9.53. The van der Waals surface area contributed by atoms with E-state index in [-0.39, 0.29) is 0 Å². The van der Waals surface area contributed by atoms with Crippen LogP contribution in [0.2, 0.25) is 0 Å². The van der Waals surface area contributed by atoms with Crippen LogP contribution in [0.25, 0.3) is 0 Å². The molecule has 0 aliphatic carbocycles. The number of hydrogen-bond acceptors (Lipinski definition) is 1. The summed E-state index contributed by atoms with van der Waals surface area (Å²) in [6, 6.07) is 0. The van der Waals surface area contributed by atoms with Crippen LogP contribution in [0.4, 0.5) is 0 Å². The molecule has 0 radical (unpaired) electrons. The van der Waals surface area contributed by atoms with Gasteiger partial charge in [-0.2, -0.15) is 0 Å². The van der Waals surface area contributed by atoms with Crippen LogP contribution in [0.15, 0.2) is 28.8 Å². The lowest BCUT2D eigenvalue weighted by molar-refractivity contribution is 1.49. The van der Waals surface area contributed by atoms with Crippen LogP contribution < -0.4 is 0 Å². The summed E-state index contributed by atoms with van der Waals surface area (Å²) >= 11 is 0. The third kappa shape index (κ3) is 4.39. The summed E-state index contributed by atoms with van der Waals surface area (Å²) in [5.41, 5.74) is 1.08. The van der Waals surface area contributed by atoms with Crippen LogP contribution in [0, 0.1) is 0 Å². The summed E-state index contributed by atoms with van der Waals surface area (Å²) in [4.78, 5) is 5.52. The molecule has 1 nitrogen and oxygen atoms in total. The van der Waals surface area contributed by atoms with Crippen LogP contribution in [0.3, 0.4) is 0 Å². The number of rotatable bonds is 3. The maximum Gasteiger partial charge on any atom is 0.0387 e. The van der Waals surface area contributed by atoms with E-state index in [2.05, 4.69) is 30.3 Å². The van der Waals surface area contributed by atoms with Gasteiger partial charge in [0, 0.05) is 16.8 Å². The maximum absolute atomic E-state index is 4.27. The van der Waals surface area contributed by atoms with Gasteiger partial charge < -0.3 is 0 Å². The average Bonchev–Trinajstić information content (AvgIpc) is 1.85. The summed E-state index contributed by atoms with van der Waals surface area (Å²) in [6.45, 7) is 7.78. The van der Waals surface area contributed by atoms with Gasteiger partial charge in [-0.25, -0.2) is 10.0 Å². The molecule has 0 N–H and O–H groups in total. The molecule has 0 aromatic heterocycles. The second-order valence-electron chi connectivity index (χ2n) is 3.65. The molecule has 0 aromatic rings. The predicted molar refractivity (Wildman–Crippen MR) is 62.4 cm³/mol. The fourth-order valence-corrected chi connectivity index (χ4v) is 1.52. The molecule has 0 saturated carbocycles. The van der Waals surface area contributed by atoms with Gasteiger partial charge in [-0.05, 0) is 32.6 Å². The van der Waals surface area contributed by atoms with Gasteiger partial charge in [0.1, 0.15) is 0 Å². The van der Waals surface area contributed by atoms with Crippen molar-refractivity contribution < 1.29 is 0 Å². The monoisotopic (exact) mass is 185 g/mol. The van der Waals surface area contributed by atoms with Crippen molar-refractivity contribution in [2.75, 3.05) is 18.8 Å². The molecule has 70 valence electrons. The highest BCUT2D eigenvalue weighted by Crippen LogP contribution is 2.44. The van der Waals surface area contributed by atoms with E-state index >= 15 is 0 Å². The summed E-state index contributed by atoms with van der Waals surface area (Å²) in [5.74, 6) is 0. The smallest absolute Gasteiger partial charge is 0.0387 e. The van der Waals surface area contributed by atoms with Crippen molar-refractivity contribution in [3.05, 3.63) is 23.8 Å². The van der Waals surface area contributed by atoms with Crippen LogP contribution in [-0.2, 0) is 0 Å². The van der Waals surface area contributed by atoms with Crippen LogP contribution in [-0.4, -0.2) is 24.5 Å². The van der Waals surface area contributed by atoms with Gasteiger partial charge in [0.2, 0.25) is 0 Å². The molecule has 0 saturated heterocycles. The molecule has 0 atom stereocenters. The molecule has 0 bridgehead atoms. The summed E-state index contributed by atoms with van der Waals surface area (Å²) < 4.78 is 0. The van der Waals surface area contributed by atoms with Crippen LogP contribution in [0.5, 0.6) is 0 Å². The van der Waals surface area contributed by atoms with Gasteiger partial charge in [-0.15, -0.1) is 0 Å². The predicted octanol–water partition coefficient (Wildman–Crippen LogP) is 3.19. The second-order valence-corrected chi connectivity index (χ2v) is 7.79. The number of allylic oxidation sites excluding steroid dienone is 1. The van der Waals surface area contributed by atoms with E-state index in [1.807, 2.05) is 26.1 Å². The first-order valence-corrected chi connectivity index (χ1v) is 6.75. The zero-order chi connectivity index (χ0) is 9.78. The molecule has 0 aromatic carbocycles. The minimum Gasteiger partial charge on any atom is -0.265 e. The Balaban J connectivity index is 4.68. The molecule has 0 aliphatic rings. The molecular formula is C10H19NS. The summed E-state index contributed by atoms with van der Waals surface area (Å²) in [6.07, 6.45) is 10.5. The van der Waals surface area contributed by atoms with Crippen molar-refractivity contribution in [3.63, 3.8) is 0 Å². The molecule has 0 aliphatic heterocycles. The van der Waals surface area contributed by atoms with Gasteiger partial charge in [-0.1, -0.05) is 12.7 Å². The average molecular weight is 185 g/mol. The van der Waals surface area contributed by atoms with Crippen molar-refractivity contribution >= 4 is 15.7 Å². The Kier molecular flexibility index (Phi) is 4.32. The van der Waals surface area contributed by atoms with E-state index in [4.69, 9.17) is 0 Å². The van der Waals surface area contributed by atoms with Gasteiger partial charge >= 0.3 is 0 Å². The molecule has 0 heterocycles. The Morgan fingerprint density at radius 2 is 1.75 bits per heavy atom. The lowest BCUT2D eigenvalue weighted by atomic mass is 10.5. The third-order valence-corrected chi connectivity index (χ3v) is 3.04. The van der Waals surface area contributed by atoms with Gasteiger partial charge in [-0.3, -0.25) is 4.99 Å². The van der Waals surface area contributed by atoms with Gasteiger partial charge in [0.05, 0.1) is 0 Å². The van der Waals surface area contributed by atoms with Gasteiger partial charge in [0.15, 0.2) is 0 Å². The highest BCUT2D eigenvalue weighted by Gasteiger charge is 2.06. The Hall–Kier alpha value is -0.500. The van der Waals surface area contributed by atoms with E-state index in [1.165, 1.54) is 4.91 Å². The van der Waals surface area contributed by atoms with Crippen molar-refractivity contribution in [1.29, 1.82) is 0 Å². The molecular weight excluding hydrogens is 166 g/mol. The van der Waals surface area contributed by atoms with Gasteiger partial charge in [0.25, 0.3) is 0 Å². The second kappa shape index (κ2) is 4.51. The summed E-state index contributed by atoms with van der Waals surface area (Å²) in [7, 11) is -0.675. The first-order chi connectivity index (χ1) is 5.38. The Morgan fingerprint density at radius 3 is 2.00 bits per heavy atom. The SMILES string of the molecule is C=C/C(=C\N=C(C)C)S(C)(C)C. The van der Waals surface area contributed by atoms with Crippen LogP contribution in [0.1, 0.15) is 13.8 Å². The molecule has 0 spiro atoms. The van der Waals surface area contributed by atoms with E-state index in [0.29, 0.717) is 0 Å². The Labute approximate surface area is 77.6 Å². The first kappa shape index (κ1) is 11.5. The maximum atomic E-state index is 4.27. The van der Waals surface area contributed by atoms with Crippen molar-refractivity contribution in [2.45, 2.75) is 13.8 Å². The summed E-state index contributed by atoms with van der Waals surface area (Å²) in [5, 5.41) is 0. The largest absolute Gasteiger partial charge is 0.265 e. The minimum absolute atomic E-state index is 0.675. The molecule has 0 amide bonds. The molecule has 0 unspecified atom stereocenters. The van der Waals surface area contributed by atoms with E-state index in [0.717, 1.165) is 5.71 Å². The molecule has 2 heteroatoms. The topological polar surface area (TPSA) is 12.4 Å². The highest BCUT2D eigenvalue weighted by atomic mass is 32.3. The van der Waals surface area contributed by atoms with E-state index in [1.54, 1.807) is 0 Å². The first-order valence-electron chi connectivity index (χ1n) is 3.90. The Bertz CT molecular complexity index is 214. The van der Waals surface area contributed by atoms with E-state index < -0.39 is 10.0 Å². The fraction of sp³-hybridized carbons (Fsp3) is 0.500. The minimum atomic E-state index is -0.675.